The highest BCUT2D eigenvalue weighted by molar-refractivity contribution is 5.86. The van der Waals surface area contributed by atoms with Crippen molar-refractivity contribution >= 4 is 23.0 Å². The van der Waals surface area contributed by atoms with Crippen molar-refractivity contribution in [2.45, 2.75) is 45.4 Å². The number of urea groups is 1. The van der Waals surface area contributed by atoms with Crippen molar-refractivity contribution in [3.63, 3.8) is 0 Å². The maximum atomic E-state index is 12.9. The Morgan fingerprint density at radius 3 is 2.61 bits per heavy atom. The molecule has 3 aromatic heterocycles. The third kappa shape index (κ3) is 4.08. The number of ether oxygens (including phenoxy) is 1. The van der Waals surface area contributed by atoms with E-state index in [0.29, 0.717) is 43.3 Å². The number of nitrogens with one attached hydrogen (secondary N) is 1. The predicted molar refractivity (Wildman–Crippen MR) is 123 cm³/mol. The number of methoxy groups -OCH3 is 1. The molecule has 0 spiro atoms. The quantitative estimate of drug-likeness (QED) is 0.626. The van der Waals surface area contributed by atoms with Crippen LogP contribution in [0.1, 0.15) is 25.6 Å². The van der Waals surface area contributed by atoms with Crippen molar-refractivity contribution in [3.8, 4) is 11.4 Å². The zero-order valence-corrected chi connectivity index (χ0v) is 19.2. The minimum atomic E-state index is 0.0867. The largest absolute Gasteiger partial charge is 0.380 e. The van der Waals surface area contributed by atoms with Crippen LogP contribution in [0.15, 0.2) is 18.7 Å². The Morgan fingerprint density at radius 2 is 1.88 bits per heavy atom. The number of amides is 2. The first kappa shape index (κ1) is 21.5. The number of carbonyl (C=O) groups is 1. The van der Waals surface area contributed by atoms with Crippen molar-refractivity contribution < 1.29 is 9.53 Å². The van der Waals surface area contributed by atoms with Gasteiger partial charge in [0.15, 0.2) is 17.0 Å². The summed E-state index contributed by atoms with van der Waals surface area (Å²) >= 11 is 0. The van der Waals surface area contributed by atoms with Gasteiger partial charge < -0.3 is 24.4 Å². The second-order valence-electron chi connectivity index (χ2n) is 8.54. The van der Waals surface area contributed by atoms with Gasteiger partial charge in [0.05, 0.1) is 11.7 Å². The minimum Gasteiger partial charge on any atom is -0.380 e. The van der Waals surface area contributed by atoms with Gasteiger partial charge in [-0.15, -0.1) is 0 Å². The number of rotatable bonds is 5. The molecule has 2 amide bonds. The summed E-state index contributed by atoms with van der Waals surface area (Å²) in [4.78, 5) is 39.1. The predicted octanol–water partition coefficient (Wildman–Crippen LogP) is 1.94. The molecule has 5 heterocycles. The van der Waals surface area contributed by atoms with Crippen LogP contribution >= 0.6 is 0 Å². The van der Waals surface area contributed by atoms with E-state index in [4.69, 9.17) is 9.72 Å². The van der Waals surface area contributed by atoms with Gasteiger partial charge in [0, 0.05) is 58.3 Å². The molecule has 2 saturated heterocycles. The molecule has 11 heteroatoms. The lowest BCUT2D eigenvalue weighted by Gasteiger charge is -2.24. The minimum absolute atomic E-state index is 0.0867. The van der Waals surface area contributed by atoms with Gasteiger partial charge >= 0.3 is 6.03 Å². The topological polar surface area (TPSA) is 114 Å². The maximum absolute atomic E-state index is 12.9. The first-order valence-electron chi connectivity index (χ1n) is 11.4. The molecule has 0 aromatic carbocycles. The molecule has 1 N–H and O–H groups in total. The number of anilines is 1. The van der Waals surface area contributed by atoms with Crippen molar-refractivity contribution in [1.29, 1.82) is 0 Å². The van der Waals surface area contributed by atoms with Crippen molar-refractivity contribution in [3.05, 3.63) is 24.5 Å². The van der Waals surface area contributed by atoms with Crippen LogP contribution in [0.2, 0.25) is 0 Å². The highest BCUT2D eigenvalue weighted by Gasteiger charge is 2.33. The molecular formula is C22H29N9O2. The molecule has 5 rings (SSSR count). The molecule has 0 aliphatic carbocycles. The number of carbonyl (C=O) groups excluding carboxylic acids is 1. The average molecular weight is 452 g/mol. The molecule has 0 saturated carbocycles. The molecule has 2 fully saturated rings. The van der Waals surface area contributed by atoms with E-state index in [1.807, 2.05) is 21.3 Å². The van der Waals surface area contributed by atoms with Crippen LogP contribution in [0.5, 0.6) is 0 Å². The van der Waals surface area contributed by atoms with Crippen molar-refractivity contribution in [2.24, 2.45) is 0 Å². The van der Waals surface area contributed by atoms with Gasteiger partial charge in [-0.3, -0.25) is 0 Å². The summed E-state index contributed by atoms with van der Waals surface area (Å²) in [6.45, 7) is 7.38. The first-order chi connectivity index (χ1) is 16.1. The van der Waals surface area contributed by atoms with Gasteiger partial charge in [-0.25, -0.2) is 29.7 Å². The monoisotopic (exact) mass is 451 g/mol. The fraction of sp³-hybridized carbons (Fsp3) is 0.545. The number of hydrogen-bond donors (Lipinski definition) is 1. The fourth-order valence-corrected chi connectivity index (χ4v) is 4.61. The van der Waals surface area contributed by atoms with E-state index >= 15 is 0 Å². The molecule has 33 heavy (non-hydrogen) atoms. The molecule has 0 unspecified atom stereocenters. The number of nitrogens with zero attached hydrogens (tertiary/aromatic N) is 8. The van der Waals surface area contributed by atoms with Crippen LogP contribution in [-0.4, -0.2) is 90.8 Å². The Kier molecular flexibility index (Phi) is 5.79. The third-order valence-electron chi connectivity index (χ3n) is 6.44. The van der Waals surface area contributed by atoms with E-state index < -0.39 is 0 Å². The van der Waals surface area contributed by atoms with E-state index in [9.17, 15) is 4.79 Å². The Bertz CT molecular complexity index is 1150. The zero-order chi connectivity index (χ0) is 22.9. The van der Waals surface area contributed by atoms with Gasteiger partial charge in [0.2, 0.25) is 0 Å². The first-order valence-corrected chi connectivity index (χ1v) is 11.4. The number of fused-ring (bicyclic) bond motifs is 1. The van der Waals surface area contributed by atoms with Crippen LogP contribution in [0.3, 0.4) is 0 Å². The normalized spacial score (nSPS) is 20.7. The van der Waals surface area contributed by atoms with Gasteiger partial charge in [-0.2, -0.15) is 0 Å². The molecule has 2 aliphatic heterocycles. The molecular weight excluding hydrogens is 422 g/mol. The SMILES string of the molecule is CCn1c(-c2cnc(C)nc2)nc2c(N[C@H]3CCN(C(=O)N4CC[C@@H](OC)C4)C3)ncnc21. The molecule has 2 atom stereocenters. The van der Waals surface area contributed by atoms with Gasteiger partial charge in [0.25, 0.3) is 0 Å². The maximum Gasteiger partial charge on any atom is 0.320 e. The molecule has 174 valence electrons. The van der Waals surface area contributed by atoms with E-state index in [2.05, 4.69) is 32.2 Å². The second kappa shape index (κ2) is 8.89. The third-order valence-corrected chi connectivity index (χ3v) is 6.44. The highest BCUT2D eigenvalue weighted by atomic mass is 16.5. The molecule has 3 aromatic rings. The summed E-state index contributed by atoms with van der Waals surface area (Å²) in [5.41, 5.74) is 2.31. The van der Waals surface area contributed by atoms with Crippen molar-refractivity contribution in [1.82, 2.24) is 39.3 Å². The van der Waals surface area contributed by atoms with E-state index in [1.54, 1.807) is 25.8 Å². The van der Waals surface area contributed by atoms with Gasteiger partial charge in [0.1, 0.15) is 18.0 Å². The Balaban J connectivity index is 1.34. The molecule has 0 radical (unpaired) electrons. The summed E-state index contributed by atoms with van der Waals surface area (Å²) < 4.78 is 7.44. The molecule has 2 aliphatic rings. The van der Waals surface area contributed by atoms with Gasteiger partial charge in [-0.05, 0) is 26.7 Å². The van der Waals surface area contributed by atoms with Crippen LogP contribution in [-0.2, 0) is 11.3 Å². The lowest BCUT2D eigenvalue weighted by atomic mass is 10.2. The average Bonchev–Trinajstić information content (AvgIpc) is 3.57. The number of imidazole rings is 1. The lowest BCUT2D eigenvalue weighted by Crippen LogP contribution is -2.42. The van der Waals surface area contributed by atoms with Gasteiger partial charge in [-0.1, -0.05) is 0 Å². The van der Waals surface area contributed by atoms with Crippen LogP contribution in [0, 0.1) is 6.92 Å². The molecule has 0 bridgehead atoms. The van der Waals surface area contributed by atoms with Crippen LogP contribution < -0.4 is 5.32 Å². The second-order valence-corrected chi connectivity index (χ2v) is 8.54. The standard InChI is InChI=1S/C22H29N9O2/c1-4-31-20(15-9-23-14(2)24-10-15)28-18-19(25-13-26-21(18)31)27-16-5-7-29(11-16)22(32)30-8-6-17(12-30)33-3/h9-10,13,16-17H,4-8,11-12H2,1-3H3,(H,25,26,27)/t16-,17+/m0/s1. The summed E-state index contributed by atoms with van der Waals surface area (Å²) in [5.74, 6) is 2.16. The van der Waals surface area contributed by atoms with E-state index in [1.165, 1.54) is 0 Å². The Labute approximate surface area is 192 Å². The zero-order valence-electron chi connectivity index (χ0n) is 19.2. The smallest absolute Gasteiger partial charge is 0.320 e. The summed E-state index contributed by atoms with van der Waals surface area (Å²) in [6.07, 6.45) is 7.01. The Morgan fingerprint density at radius 1 is 1.12 bits per heavy atom. The van der Waals surface area contributed by atoms with Crippen LogP contribution in [0.25, 0.3) is 22.6 Å². The number of aromatic nitrogens is 6. The summed E-state index contributed by atoms with van der Waals surface area (Å²) in [6, 6.07) is 0.189. The van der Waals surface area contributed by atoms with E-state index in [-0.39, 0.29) is 18.2 Å². The summed E-state index contributed by atoms with van der Waals surface area (Å²) in [5, 5.41) is 3.51. The molecule has 11 nitrogen and oxygen atoms in total. The highest BCUT2D eigenvalue weighted by Crippen LogP contribution is 2.27. The lowest BCUT2D eigenvalue weighted by molar-refractivity contribution is 0.106. The Hall–Kier alpha value is -3.34. The fourth-order valence-electron chi connectivity index (χ4n) is 4.61. The van der Waals surface area contributed by atoms with Crippen molar-refractivity contribution in [2.75, 3.05) is 38.6 Å². The number of hydrogen-bond acceptors (Lipinski definition) is 8. The summed E-state index contributed by atoms with van der Waals surface area (Å²) in [7, 11) is 1.70. The number of aryl methyl sites for hydroxylation is 2. The van der Waals surface area contributed by atoms with E-state index in [0.717, 1.165) is 36.4 Å². The number of likely N-dealkylation sites (tertiary alicyclic amines) is 2. The van der Waals surface area contributed by atoms with Crippen LogP contribution in [0.4, 0.5) is 10.6 Å².